The predicted molar refractivity (Wildman–Crippen MR) is 82.7 cm³/mol. The molecule has 1 N–H and O–H groups in total. The summed E-state index contributed by atoms with van der Waals surface area (Å²) in [4.78, 5) is 0. The molecule has 108 valence electrons. The van der Waals surface area contributed by atoms with Crippen LogP contribution in [-0.2, 0) is 4.74 Å². The lowest BCUT2D eigenvalue weighted by molar-refractivity contribution is 0.139. The van der Waals surface area contributed by atoms with Crippen molar-refractivity contribution in [2.75, 3.05) is 26.3 Å². The molecular weight excluding hydrogens is 234 g/mol. The van der Waals surface area contributed by atoms with Gasteiger partial charge in [-0.25, -0.2) is 0 Å². The summed E-state index contributed by atoms with van der Waals surface area (Å²) >= 11 is 0. The molecule has 1 atom stereocenters. The van der Waals surface area contributed by atoms with E-state index in [1.807, 2.05) is 0 Å². The Morgan fingerprint density at radius 1 is 1.21 bits per heavy atom. The normalized spacial score (nSPS) is 12.9. The highest BCUT2D eigenvalue weighted by Gasteiger charge is 2.11. The van der Waals surface area contributed by atoms with E-state index in [2.05, 4.69) is 57.3 Å². The molecule has 0 heterocycles. The monoisotopic (exact) mass is 263 g/mol. The Bertz CT molecular complexity index is 349. The molecule has 2 heteroatoms. The predicted octanol–water partition coefficient (Wildman–Crippen LogP) is 3.75. The molecule has 1 unspecified atom stereocenters. The van der Waals surface area contributed by atoms with E-state index in [4.69, 9.17) is 4.74 Å². The fourth-order valence-corrected chi connectivity index (χ4v) is 2.23. The number of benzene rings is 1. The van der Waals surface area contributed by atoms with Crippen molar-refractivity contribution >= 4 is 0 Å². The molecule has 1 rings (SSSR count). The molecule has 0 aromatic heterocycles. The second-order valence-corrected chi connectivity index (χ2v) is 5.65. The van der Waals surface area contributed by atoms with E-state index >= 15 is 0 Å². The van der Waals surface area contributed by atoms with Gasteiger partial charge in [0.2, 0.25) is 0 Å². The van der Waals surface area contributed by atoms with E-state index < -0.39 is 0 Å². The van der Waals surface area contributed by atoms with Gasteiger partial charge in [-0.3, -0.25) is 0 Å². The minimum absolute atomic E-state index is 0.546. The molecule has 0 saturated carbocycles. The first-order valence-electron chi connectivity index (χ1n) is 7.48. The van der Waals surface area contributed by atoms with E-state index in [0.717, 1.165) is 32.7 Å². The van der Waals surface area contributed by atoms with Crippen LogP contribution in [0.1, 0.15) is 44.2 Å². The van der Waals surface area contributed by atoms with Gasteiger partial charge in [-0.2, -0.15) is 0 Å². The van der Waals surface area contributed by atoms with Gasteiger partial charge in [0, 0.05) is 19.8 Å². The number of hydrogen-bond donors (Lipinski definition) is 1. The summed E-state index contributed by atoms with van der Waals surface area (Å²) in [5.74, 6) is 1.25. The molecule has 0 bridgehead atoms. The van der Waals surface area contributed by atoms with Crippen LogP contribution in [0.5, 0.6) is 0 Å². The summed E-state index contributed by atoms with van der Waals surface area (Å²) in [6.07, 6.45) is 1.09. The van der Waals surface area contributed by atoms with Gasteiger partial charge in [0.1, 0.15) is 0 Å². The summed E-state index contributed by atoms with van der Waals surface area (Å²) in [5, 5.41) is 3.57. The fourth-order valence-electron chi connectivity index (χ4n) is 2.23. The summed E-state index contributed by atoms with van der Waals surface area (Å²) < 4.78 is 5.52. The SMILES string of the molecule is CCOCCC(CNCC(C)C)c1cccc(C)c1. The van der Waals surface area contributed by atoms with E-state index in [0.29, 0.717) is 11.8 Å². The summed E-state index contributed by atoms with van der Waals surface area (Å²) in [6, 6.07) is 8.85. The van der Waals surface area contributed by atoms with Crippen LogP contribution < -0.4 is 5.32 Å². The van der Waals surface area contributed by atoms with Gasteiger partial charge >= 0.3 is 0 Å². The van der Waals surface area contributed by atoms with Crippen molar-refractivity contribution in [1.29, 1.82) is 0 Å². The Balaban J connectivity index is 2.57. The molecule has 1 aromatic carbocycles. The Hall–Kier alpha value is -0.860. The van der Waals surface area contributed by atoms with E-state index in [-0.39, 0.29) is 0 Å². The highest BCUT2D eigenvalue weighted by molar-refractivity contribution is 5.25. The maximum Gasteiger partial charge on any atom is 0.0472 e. The van der Waals surface area contributed by atoms with Crippen molar-refractivity contribution in [2.45, 2.75) is 40.0 Å². The molecule has 0 amide bonds. The third kappa shape index (κ3) is 6.74. The van der Waals surface area contributed by atoms with Crippen LogP contribution in [0.4, 0.5) is 0 Å². The van der Waals surface area contributed by atoms with E-state index in [1.54, 1.807) is 0 Å². The number of rotatable bonds is 9. The molecule has 0 aliphatic rings. The van der Waals surface area contributed by atoms with Crippen LogP contribution in [0.25, 0.3) is 0 Å². The van der Waals surface area contributed by atoms with Crippen molar-refractivity contribution in [3.8, 4) is 0 Å². The minimum atomic E-state index is 0.546. The van der Waals surface area contributed by atoms with Gasteiger partial charge in [0.25, 0.3) is 0 Å². The third-order valence-corrected chi connectivity index (χ3v) is 3.27. The molecule has 0 saturated heterocycles. The second kappa shape index (κ2) is 9.11. The lowest BCUT2D eigenvalue weighted by Crippen LogP contribution is -2.26. The maximum absolute atomic E-state index is 5.52. The second-order valence-electron chi connectivity index (χ2n) is 5.65. The van der Waals surface area contributed by atoms with Crippen LogP contribution in [-0.4, -0.2) is 26.3 Å². The van der Waals surface area contributed by atoms with Crippen molar-refractivity contribution in [3.05, 3.63) is 35.4 Å². The lowest BCUT2D eigenvalue weighted by atomic mass is 9.94. The quantitative estimate of drug-likeness (QED) is 0.685. The summed E-state index contributed by atoms with van der Waals surface area (Å²) in [5.41, 5.74) is 2.76. The Kier molecular flexibility index (Phi) is 7.76. The molecule has 0 aliphatic carbocycles. The zero-order valence-electron chi connectivity index (χ0n) is 12.9. The number of nitrogens with one attached hydrogen (secondary N) is 1. The minimum Gasteiger partial charge on any atom is -0.382 e. The van der Waals surface area contributed by atoms with Gasteiger partial charge in [-0.1, -0.05) is 43.7 Å². The zero-order chi connectivity index (χ0) is 14.1. The van der Waals surface area contributed by atoms with Crippen LogP contribution in [0.15, 0.2) is 24.3 Å². The largest absolute Gasteiger partial charge is 0.382 e. The van der Waals surface area contributed by atoms with E-state index in [9.17, 15) is 0 Å². The molecule has 0 aliphatic heterocycles. The smallest absolute Gasteiger partial charge is 0.0472 e. The first-order valence-corrected chi connectivity index (χ1v) is 7.48. The van der Waals surface area contributed by atoms with Gasteiger partial charge in [-0.15, -0.1) is 0 Å². The first-order chi connectivity index (χ1) is 9.13. The number of aryl methyl sites for hydroxylation is 1. The average molecular weight is 263 g/mol. The molecular formula is C17H29NO. The number of ether oxygens (including phenoxy) is 1. The van der Waals surface area contributed by atoms with Gasteiger partial charge in [0.15, 0.2) is 0 Å². The van der Waals surface area contributed by atoms with Crippen LogP contribution in [0.2, 0.25) is 0 Å². The zero-order valence-corrected chi connectivity index (χ0v) is 12.9. The highest BCUT2D eigenvalue weighted by Crippen LogP contribution is 2.20. The first kappa shape index (κ1) is 16.2. The summed E-state index contributed by atoms with van der Waals surface area (Å²) in [6.45, 7) is 12.5. The molecule has 0 spiro atoms. The number of hydrogen-bond acceptors (Lipinski definition) is 2. The van der Waals surface area contributed by atoms with Crippen molar-refractivity contribution in [2.24, 2.45) is 5.92 Å². The Labute approximate surface area is 118 Å². The highest BCUT2D eigenvalue weighted by atomic mass is 16.5. The van der Waals surface area contributed by atoms with Crippen LogP contribution in [0.3, 0.4) is 0 Å². The molecule has 1 aromatic rings. The van der Waals surface area contributed by atoms with Crippen molar-refractivity contribution < 1.29 is 4.74 Å². The van der Waals surface area contributed by atoms with Crippen LogP contribution >= 0.6 is 0 Å². The van der Waals surface area contributed by atoms with Crippen molar-refractivity contribution in [3.63, 3.8) is 0 Å². The Morgan fingerprint density at radius 2 is 2.00 bits per heavy atom. The lowest BCUT2D eigenvalue weighted by Gasteiger charge is -2.19. The topological polar surface area (TPSA) is 21.3 Å². The molecule has 19 heavy (non-hydrogen) atoms. The van der Waals surface area contributed by atoms with Crippen molar-refractivity contribution in [1.82, 2.24) is 5.32 Å². The molecule has 0 radical (unpaired) electrons. The van der Waals surface area contributed by atoms with Gasteiger partial charge in [-0.05, 0) is 44.2 Å². The van der Waals surface area contributed by atoms with Gasteiger partial charge in [0.05, 0.1) is 0 Å². The average Bonchev–Trinajstić information content (AvgIpc) is 2.37. The summed E-state index contributed by atoms with van der Waals surface area (Å²) in [7, 11) is 0. The third-order valence-electron chi connectivity index (χ3n) is 3.27. The van der Waals surface area contributed by atoms with E-state index in [1.165, 1.54) is 11.1 Å². The van der Waals surface area contributed by atoms with Crippen LogP contribution in [0, 0.1) is 12.8 Å². The molecule has 2 nitrogen and oxygen atoms in total. The maximum atomic E-state index is 5.52. The molecule has 0 fully saturated rings. The Morgan fingerprint density at radius 3 is 2.63 bits per heavy atom. The fraction of sp³-hybridized carbons (Fsp3) is 0.647. The van der Waals surface area contributed by atoms with Gasteiger partial charge < -0.3 is 10.1 Å². The standard InChI is InChI=1S/C17H29NO/c1-5-19-10-9-17(13-18-12-14(2)3)16-8-6-7-15(4)11-16/h6-8,11,14,17-18H,5,9-10,12-13H2,1-4H3.